The maximum atomic E-state index is 5.79. The van der Waals surface area contributed by atoms with Gasteiger partial charge in [0.2, 0.25) is 0 Å². The SMILES string of the molecule is CCOC1COC(C2CCC(C=CCl)CC2)OC1. The fourth-order valence-electron chi connectivity index (χ4n) is 2.82. The fourth-order valence-corrected chi connectivity index (χ4v) is 3.02. The van der Waals surface area contributed by atoms with Gasteiger partial charge in [0.25, 0.3) is 0 Å². The Morgan fingerprint density at radius 3 is 2.39 bits per heavy atom. The summed E-state index contributed by atoms with van der Waals surface area (Å²) in [7, 11) is 0. The number of ether oxygens (including phenoxy) is 3. The maximum absolute atomic E-state index is 5.79. The van der Waals surface area contributed by atoms with Crippen LogP contribution in [0.4, 0.5) is 0 Å². The predicted molar refractivity (Wildman–Crippen MR) is 71.5 cm³/mol. The van der Waals surface area contributed by atoms with Gasteiger partial charge in [0.1, 0.15) is 6.10 Å². The highest BCUT2D eigenvalue weighted by molar-refractivity contribution is 6.25. The van der Waals surface area contributed by atoms with Crippen LogP contribution in [-0.4, -0.2) is 32.2 Å². The van der Waals surface area contributed by atoms with E-state index in [-0.39, 0.29) is 12.4 Å². The molecule has 0 radical (unpaired) electrons. The minimum absolute atomic E-state index is 0.0253. The molecule has 4 heteroatoms. The molecule has 2 aliphatic rings. The van der Waals surface area contributed by atoms with Gasteiger partial charge in [-0.1, -0.05) is 17.7 Å². The number of halogens is 1. The molecule has 0 aromatic heterocycles. The molecule has 0 bridgehead atoms. The smallest absolute Gasteiger partial charge is 0.160 e. The molecule has 0 aromatic carbocycles. The fraction of sp³-hybridized carbons (Fsp3) is 0.857. The molecule has 2 rings (SSSR count). The van der Waals surface area contributed by atoms with E-state index >= 15 is 0 Å². The second-order valence-electron chi connectivity index (χ2n) is 5.11. The van der Waals surface area contributed by atoms with E-state index in [9.17, 15) is 0 Å². The lowest BCUT2D eigenvalue weighted by molar-refractivity contribution is -0.248. The molecule has 0 amide bonds. The lowest BCUT2D eigenvalue weighted by Crippen LogP contribution is -2.41. The Kier molecular flexibility index (Phi) is 5.96. The third-order valence-electron chi connectivity index (χ3n) is 3.84. The van der Waals surface area contributed by atoms with Crippen molar-refractivity contribution in [3.05, 3.63) is 11.6 Å². The van der Waals surface area contributed by atoms with Crippen molar-refractivity contribution < 1.29 is 14.2 Å². The summed E-state index contributed by atoms with van der Waals surface area (Å²) in [5.41, 5.74) is 1.64. The van der Waals surface area contributed by atoms with E-state index in [2.05, 4.69) is 6.08 Å². The highest BCUT2D eigenvalue weighted by Crippen LogP contribution is 2.34. The number of rotatable bonds is 4. The Morgan fingerprint density at radius 2 is 1.83 bits per heavy atom. The summed E-state index contributed by atoms with van der Waals surface area (Å²) in [4.78, 5) is 0. The third kappa shape index (κ3) is 3.95. The Morgan fingerprint density at radius 1 is 1.17 bits per heavy atom. The number of hydrogen-bond acceptors (Lipinski definition) is 3. The summed E-state index contributed by atoms with van der Waals surface area (Å²) < 4.78 is 17.1. The molecule has 0 unspecified atom stereocenters. The topological polar surface area (TPSA) is 27.7 Å². The molecule has 104 valence electrons. The van der Waals surface area contributed by atoms with Crippen LogP contribution < -0.4 is 0 Å². The van der Waals surface area contributed by atoms with Crippen LogP contribution in [0.3, 0.4) is 0 Å². The first kappa shape index (κ1) is 14.3. The molecule has 18 heavy (non-hydrogen) atoms. The summed E-state index contributed by atoms with van der Waals surface area (Å²) in [6.45, 7) is 4.05. The summed E-state index contributed by atoms with van der Waals surface area (Å²) in [5, 5.41) is 0. The summed E-state index contributed by atoms with van der Waals surface area (Å²) in [6.07, 6.45) is 6.89. The van der Waals surface area contributed by atoms with E-state index in [1.54, 1.807) is 5.54 Å². The molecule has 1 saturated carbocycles. The first-order valence-corrected chi connectivity index (χ1v) is 7.38. The molecule has 0 aromatic rings. The van der Waals surface area contributed by atoms with Gasteiger partial charge in [-0.05, 0) is 38.5 Å². The van der Waals surface area contributed by atoms with Gasteiger partial charge < -0.3 is 14.2 Å². The van der Waals surface area contributed by atoms with Crippen LogP contribution in [0.1, 0.15) is 32.6 Å². The normalized spacial score (nSPS) is 38.1. The Labute approximate surface area is 114 Å². The van der Waals surface area contributed by atoms with E-state index in [4.69, 9.17) is 25.8 Å². The molecular weight excluding hydrogens is 252 g/mol. The highest BCUT2D eigenvalue weighted by atomic mass is 35.5. The van der Waals surface area contributed by atoms with Crippen LogP contribution in [0.25, 0.3) is 0 Å². The van der Waals surface area contributed by atoms with E-state index in [1.165, 1.54) is 12.8 Å². The summed E-state index contributed by atoms with van der Waals surface area (Å²) in [6, 6.07) is 0. The summed E-state index contributed by atoms with van der Waals surface area (Å²) in [5.74, 6) is 1.17. The molecule has 1 saturated heterocycles. The molecule has 1 aliphatic heterocycles. The van der Waals surface area contributed by atoms with Gasteiger partial charge in [-0.25, -0.2) is 0 Å². The number of allylic oxidation sites excluding steroid dienone is 1. The van der Waals surface area contributed by atoms with Crippen molar-refractivity contribution in [2.75, 3.05) is 19.8 Å². The van der Waals surface area contributed by atoms with Crippen LogP contribution in [0.15, 0.2) is 11.6 Å². The predicted octanol–water partition coefficient (Wildman–Crippen LogP) is 3.32. The van der Waals surface area contributed by atoms with E-state index in [1.807, 2.05) is 6.92 Å². The van der Waals surface area contributed by atoms with Crippen molar-refractivity contribution in [3.63, 3.8) is 0 Å². The van der Waals surface area contributed by atoms with Crippen molar-refractivity contribution in [2.24, 2.45) is 11.8 Å². The average Bonchev–Trinajstić information content (AvgIpc) is 2.41. The van der Waals surface area contributed by atoms with Crippen molar-refractivity contribution in [2.45, 2.75) is 45.0 Å². The first-order chi connectivity index (χ1) is 8.83. The third-order valence-corrected chi connectivity index (χ3v) is 3.99. The van der Waals surface area contributed by atoms with Gasteiger partial charge in [0.05, 0.1) is 13.2 Å². The van der Waals surface area contributed by atoms with Gasteiger partial charge in [0.15, 0.2) is 6.29 Å². The zero-order valence-electron chi connectivity index (χ0n) is 11.0. The first-order valence-electron chi connectivity index (χ1n) is 6.95. The van der Waals surface area contributed by atoms with Gasteiger partial charge in [-0.15, -0.1) is 0 Å². The lowest BCUT2D eigenvalue weighted by atomic mass is 9.81. The van der Waals surface area contributed by atoms with Crippen LogP contribution in [0.2, 0.25) is 0 Å². The molecule has 1 aliphatic carbocycles. The van der Waals surface area contributed by atoms with Gasteiger partial charge >= 0.3 is 0 Å². The van der Waals surface area contributed by atoms with Gasteiger partial charge in [0, 0.05) is 18.1 Å². The van der Waals surface area contributed by atoms with Gasteiger partial charge in [-0.2, -0.15) is 0 Å². The van der Waals surface area contributed by atoms with Crippen LogP contribution in [-0.2, 0) is 14.2 Å². The quantitative estimate of drug-likeness (QED) is 0.787. The summed E-state index contributed by atoms with van der Waals surface area (Å²) >= 11 is 5.62. The Balaban J connectivity index is 1.71. The standard InChI is InChI=1S/C14H23ClO3/c1-2-16-13-9-17-14(18-10-13)12-5-3-11(4-6-12)7-8-15/h7-8,11-14H,2-6,9-10H2,1H3. The molecular formula is C14H23ClO3. The lowest BCUT2D eigenvalue weighted by Gasteiger charge is -2.36. The zero-order chi connectivity index (χ0) is 12.8. The molecule has 0 spiro atoms. The Hall–Kier alpha value is -0.0900. The van der Waals surface area contributed by atoms with Crippen LogP contribution >= 0.6 is 11.6 Å². The van der Waals surface area contributed by atoms with Crippen molar-refractivity contribution in [3.8, 4) is 0 Å². The molecule has 1 heterocycles. The van der Waals surface area contributed by atoms with Crippen molar-refractivity contribution in [1.82, 2.24) is 0 Å². The van der Waals surface area contributed by atoms with Crippen molar-refractivity contribution >= 4 is 11.6 Å². The highest BCUT2D eigenvalue weighted by Gasteiger charge is 2.32. The average molecular weight is 275 g/mol. The second-order valence-corrected chi connectivity index (χ2v) is 5.36. The largest absolute Gasteiger partial charge is 0.374 e. The zero-order valence-corrected chi connectivity index (χ0v) is 11.8. The number of hydrogen-bond donors (Lipinski definition) is 0. The molecule has 0 N–H and O–H groups in total. The van der Waals surface area contributed by atoms with Crippen molar-refractivity contribution in [1.29, 1.82) is 0 Å². The minimum atomic E-state index is -0.0253. The molecule has 2 fully saturated rings. The van der Waals surface area contributed by atoms with Crippen LogP contribution in [0, 0.1) is 11.8 Å². The van der Waals surface area contributed by atoms with E-state index < -0.39 is 0 Å². The maximum Gasteiger partial charge on any atom is 0.160 e. The van der Waals surface area contributed by atoms with E-state index in [0.717, 1.165) is 19.4 Å². The van der Waals surface area contributed by atoms with Crippen LogP contribution in [0.5, 0.6) is 0 Å². The Bertz CT molecular complexity index is 254. The monoisotopic (exact) mass is 274 g/mol. The minimum Gasteiger partial charge on any atom is -0.374 e. The molecule has 3 nitrogen and oxygen atoms in total. The molecule has 0 atom stereocenters. The second kappa shape index (κ2) is 7.49. The van der Waals surface area contributed by atoms with E-state index in [0.29, 0.717) is 25.0 Å². The van der Waals surface area contributed by atoms with Gasteiger partial charge in [-0.3, -0.25) is 0 Å².